The summed E-state index contributed by atoms with van der Waals surface area (Å²) in [6, 6.07) is 27.2. The SMILES string of the molecule is CCOC(=O)CNC(=O)N1CCC(N(CC(CCCN2CCC(O)(c3ccc(Cl)cc3)CC2)(c2ccccc2)c2ccccc2)C(N)=O)CC1. The van der Waals surface area contributed by atoms with Crippen molar-refractivity contribution in [2.75, 3.05) is 52.4 Å². The largest absolute Gasteiger partial charge is 0.465 e. The Morgan fingerprint density at radius 2 is 1.52 bits per heavy atom. The minimum atomic E-state index is -0.863. The van der Waals surface area contributed by atoms with Crippen molar-refractivity contribution in [1.29, 1.82) is 0 Å². The van der Waals surface area contributed by atoms with Gasteiger partial charge < -0.3 is 35.6 Å². The van der Waals surface area contributed by atoms with Gasteiger partial charge in [0.05, 0.1) is 12.2 Å². The first-order chi connectivity index (χ1) is 24.1. The van der Waals surface area contributed by atoms with Crippen LogP contribution in [-0.2, 0) is 20.5 Å². The van der Waals surface area contributed by atoms with Gasteiger partial charge in [0.15, 0.2) is 0 Å². The van der Waals surface area contributed by atoms with Crippen LogP contribution in [0.1, 0.15) is 62.1 Å². The van der Waals surface area contributed by atoms with Gasteiger partial charge in [0, 0.05) is 49.2 Å². The van der Waals surface area contributed by atoms with E-state index in [2.05, 4.69) is 34.5 Å². The van der Waals surface area contributed by atoms with E-state index in [1.54, 1.807) is 16.7 Å². The minimum absolute atomic E-state index is 0.152. The van der Waals surface area contributed by atoms with Crippen LogP contribution in [0.15, 0.2) is 84.9 Å². The molecule has 0 spiro atoms. The van der Waals surface area contributed by atoms with Crippen LogP contribution in [0.5, 0.6) is 0 Å². The summed E-state index contributed by atoms with van der Waals surface area (Å²) in [4.78, 5) is 43.7. The van der Waals surface area contributed by atoms with Crippen molar-refractivity contribution < 1.29 is 24.2 Å². The Labute approximate surface area is 300 Å². The zero-order valence-electron chi connectivity index (χ0n) is 28.9. The monoisotopic (exact) mass is 703 g/mol. The topological polar surface area (TPSA) is 128 Å². The van der Waals surface area contributed by atoms with Crippen LogP contribution in [0, 0.1) is 0 Å². The molecule has 11 heteroatoms. The first-order valence-corrected chi connectivity index (χ1v) is 18.1. The number of ether oxygens (including phenoxy) is 1. The van der Waals surface area contributed by atoms with E-state index < -0.39 is 23.0 Å². The second-order valence-electron chi connectivity index (χ2n) is 13.4. The number of likely N-dealkylation sites (tertiary alicyclic amines) is 2. The van der Waals surface area contributed by atoms with Crippen molar-refractivity contribution in [2.24, 2.45) is 5.73 Å². The summed E-state index contributed by atoms with van der Waals surface area (Å²) in [5.74, 6) is -0.478. The number of primary amides is 1. The summed E-state index contributed by atoms with van der Waals surface area (Å²) in [6.07, 6.45) is 4.07. The average molecular weight is 704 g/mol. The van der Waals surface area contributed by atoms with Gasteiger partial charge in [-0.05, 0) is 80.8 Å². The van der Waals surface area contributed by atoms with Gasteiger partial charge in [-0.1, -0.05) is 84.4 Å². The van der Waals surface area contributed by atoms with Gasteiger partial charge in [-0.15, -0.1) is 0 Å². The van der Waals surface area contributed by atoms with Crippen LogP contribution in [0.25, 0.3) is 0 Å². The van der Waals surface area contributed by atoms with Crippen molar-refractivity contribution in [3.8, 4) is 0 Å². The Balaban J connectivity index is 1.30. The van der Waals surface area contributed by atoms with Gasteiger partial charge in [0.25, 0.3) is 0 Å². The number of piperidine rings is 2. The Hall–Kier alpha value is -4.12. The van der Waals surface area contributed by atoms with Crippen LogP contribution in [0.4, 0.5) is 9.59 Å². The summed E-state index contributed by atoms with van der Waals surface area (Å²) < 4.78 is 4.92. The number of esters is 1. The number of amides is 4. The Morgan fingerprint density at radius 3 is 2.06 bits per heavy atom. The third-order valence-corrected chi connectivity index (χ3v) is 10.7. The number of rotatable bonds is 13. The van der Waals surface area contributed by atoms with Crippen LogP contribution in [0.3, 0.4) is 0 Å². The van der Waals surface area contributed by atoms with Crippen molar-refractivity contribution in [1.82, 2.24) is 20.0 Å². The lowest BCUT2D eigenvalue weighted by molar-refractivity contribution is -0.141. The Bertz CT molecular complexity index is 1500. The molecule has 4 N–H and O–H groups in total. The quantitative estimate of drug-likeness (QED) is 0.202. The lowest BCUT2D eigenvalue weighted by Crippen LogP contribution is -2.56. The third-order valence-electron chi connectivity index (χ3n) is 10.4. The van der Waals surface area contributed by atoms with Gasteiger partial charge in [0.2, 0.25) is 0 Å². The van der Waals surface area contributed by atoms with Crippen LogP contribution < -0.4 is 11.1 Å². The molecule has 50 heavy (non-hydrogen) atoms. The summed E-state index contributed by atoms with van der Waals surface area (Å²) in [5, 5.41) is 14.7. The van der Waals surface area contributed by atoms with Gasteiger partial charge in [-0.3, -0.25) is 4.79 Å². The zero-order valence-corrected chi connectivity index (χ0v) is 29.7. The number of halogens is 1. The van der Waals surface area contributed by atoms with Crippen LogP contribution in [-0.4, -0.2) is 96.3 Å². The molecule has 2 fully saturated rings. The summed E-state index contributed by atoms with van der Waals surface area (Å²) >= 11 is 6.09. The number of nitrogens with one attached hydrogen (secondary N) is 1. The molecule has 2 heterocycles. The van der Waals surface area contributed by atoms with E-state index in [4.69, 9.17) is 22.1 Å². The molecule has 0 saturated carbocycles. The van der Waals surface area contributed by atoms with Crippen molar-refractivity contribution in [3.63, 3.8) is 0 Å². The van der Waals surface area contributed by atoms with Gasteiger partial charge in [-0.2, -0.15) is 0 Å². The predicted octanol–water partition coefficient (Wildman–Crippen LogP) is 5.51. The highest BCUT2D eigenvalue weighted by molar-refractivity contribution is 6.30. The number of nitrogens with zero attached hydrogens (tertiary/aromatic N) is 3. The van der Waals surface area contributed by atoms with E-state index in [0.29, 0.717) is 50.3 Å². The molecule has 0 radical (unpaired) electrons. The number of hydrogen-bond acceptors (Lipinski definition) is 6. The molecule has 2 aliphatic rings. The maximum absolute atomic E-state index is 13.3. The number of benzene rings is 3. The van der Waals surface area contributed by atoms with E-state index in [-0.39, 0.29) is 25.2 Å². The number of hydrogen-bond donors (Lipinski definition) is 3. The fraction of sp³-hybridized carbons (Fsp3) is 0.462. The molecule has 5 rings (SSSR count). The number of urea groups is 2. The number of nitrogens with two attached hydrogens (primary N) is 1. The molecule has 0 bridgehead atoms. The second kappa shape index (κ2) is 17.2. The van der Waals surface area contributed by atoms with Crippen molar-refractivity contribution in [3.05, 3.63) is 107 Å². The number of aliphatic hydroxyl groups is 1. The van der Waals surface area contributed by atoms with Gasteiger partial charge >= 0.3 is 18.0 Å². The van der Waals surface area contributed by atoms with Crippen LogP contribution in [0.2, 0.25) is 5.02 Å². The molecular formula is C39H50ClN5O5. The van der Waals surface area contributed by atoms with E-state index in [1.165, 1.54) is 0 Å². The maximum Gasteiger partial charge on any atom is 0.325 e. The van der Waals surface area contributed by atoms with Crippen molar-refractivity contribution in [2.45, 2.75) is 62.5 Å². The molecule has 4 amide bonds. The van der Waals surface area contributed by atoms with E-state index in [1.807, 2.05) is 60.7 Å². The first kappa shape index (κ1) is 37.1. The molecule has 2 aliphatic heterocycles. The molecule has 3 aromatic carbocycles. The highest BCUT2D eigenvalue weighted by atomic mass is 35.5. The first-order valence-electron chi connectivity index (χ1n) is 17.7. The molecule has 0 aliphatic carbocycles. The average Bonchev–Trinajstić information content (AvgIpc) is 3.14. The van der Waals surface area contributed by atoms with Gasteiger partial charge in [0.1, 0.15) is 6.54 Å². The third kappa shape index (κ3) is 9.15. The fourth-order valence-corrected chi connectivity index (χ4v) is 7.69. The molecule has 0 unspecified atom stereocenters. The van der Waals surface area contributed by atoms with E-state index >= 15 is 0 Å². The number of carbonyl (C=O) groups is 3. The Morgan fingerprint density at radius 1 is 0.940 bits per heavy atom. The highest BCUT2D eigenvalue weighted by Gasteiger charge is 2.40. The Kier molecular flexibility index (Phi) is 12.8. The summed E-state index contributed by atoms with van der Waals surface area (Å²) in [7, 11) is 0. The molecule has 0 atom stereocenters. The summed E-state index contributed by atoms with van der Waals surface area (Å²) in [6.45, 7) is 5.47. The number of carbonyl (C=O) groups excluding carboxylic acids is 3. The smallest absolute Gasteiger partial charge is 0.325 e. The lowest BCUT2D eigenvalue weighted by Gasteiger charge is -2.44. The maximum atomic E-state index is 13.3. The minimum Gasteiger partial charge on any atom is -0.465 e. The van der Waals surface area contributed by atoms with Crippen LogP contribution >= 0.6 is 11.6 Å². The molecule has 268 valence electrons. The fourth-order valence-electron chi connectivity index (χ4n) is 7.56. The summed E-state index contributed by atoms with van der Waals surface area (Å²) in [5.41, 5.74) is 7.90. The molecular weight excluding hydrogens is 654 g/mol. The highest BCUT2D eigenvalue weighted by Crippen LogP contribution is 2.40. The van der Waals surface area contributed by atoms with Gasteiger partial charge in [-0.25, -0.2) is 9.59 Å². The molecule has 3 aromatic rings. The molecule has 2 saturated heterocycles. The second-order valence-corrected chi connectivity index (χ2v) is 13.9. The lowest BCUT2D eigenvalue weighted by atomic mass is 9.70. The van der Waals surface area contributed by atoms with E-state index in [9.17, 15) is 19.5 Å². The normalized spacial score (nSPS) is 16.8. The van der Waals surface area contributed by atoms with Crippen molar-refractivity contribution >= 4 is 29.6 Å². The van der Waals surface area contributed by atoms with E-state index in [0.717, 1.165) is 49.2 Å². The predicted molar refractivity (Wildman–Crippen MR) is 195 cm³/mol. The molecule has 0 aromatic heterocycles. The standard InChI is InChI=1S/C39H50ClN5O5/c1-2-50-35(46)28-42-37(48)44-24-18-34(19-25-44)45(36(41)47)29-38(30-10-5-3-6-11-30,31-12-7-4-8-13-31)20-9-23-43-26-21-39(49,22-27-43)32-14-16-33(40)17-15-32/h3-8,10-17,34,49H,2,9,18-29H2,1H3,(H2,41,47)(H,42,48). The molecule has 10 nitrogen and oxygen atoms in total. The zero-order chi connectivity index (χ0) is 35.6.